The van der Waals surface area contributed by atoms with Crippen LogP contribution in [0, 0.1) is 13.8 Å². The Hall–Kier alpha value is -3.05. The minimum Gasteiger partial charge on any atom is -0.391 e. The van der Waals surface area contributed by atoms with Gasteiger partial charge in [0.1, 0.15) is 5.82 Å². The number of aliphatic hydroxyl groups excluding tert-OH is 1. The van der Waals surface area contributed by atoms with Crippen molar-refractivity contribution in [1.82, 2.24) is 15.0 Å². The van der Waals surface area contributed by atoms with Crippen molar-refractivity contribution < 1.29 is 23.1 Å². The van der Waals surface area contributed by atoms with E-state index in [4.69, 9.17) is 0 Å². The lowest BCUT2D eigenvalue weighted by Crippen LogP contribution is -2.55. The van der Waals surface area contributed by atoms with E-state index in [0.29, 0.717) is 17.4 Å². The van der Waals surface area contributed by atoms with Gasteiger partial charge in [-0.2, -0.15) is 13.2 Å². The zero-order valence-electron chi connectivity index (χ0n) is 17.0. The molecule has 2 aliphatic rings. The number of rotatable bonds is 2. The summed E-state index contributed by atoms with van der Waals surface area (Å²) < 4.78 is 39.3. The Balaban J connectivity index is 1.52. The maximum atomic E-state index is 13.1. The molecule has 0 aromatic carbocycles. The largest absolute Gasteiger partial charge is 0.417 e. The van der Waals surface area contributed by atoms with Gasteiger partial charge >= 0.3 is 12.2 Å². The predicted molar refractivity (Wildman–Crippen MR) is 113 cm³/mol. The smallest absolute Gasteiger partial charge is 0.391 e. The van der Waals surface area contributed by atoms with Crippen LogP contribution in [0.1, 0.15) is 34.0 Å². The molecule has 0 saturated heterocycles. The Morgan fingerprint density at radius 2 is 2.03 bits per heavy atom. The molecule has 3 atom stereocenters. The summed E-state index contributed by atoms with van der Waals surface area (Å²) in [6.07, 6.45) is -2.69. The number of halogens is 3. The van der Waals surface area contributed by atoms with Crippen LogP contribution >= 0.6 is 11.3 Å². The van der Waals surface area contributed by atoms with Crippen LogP contribution in [0.25, 0.3) is 11.3 Å². The van der Waals surface area contributed by atoms with Gasteiger partial charge in [-0.25, -0.2) is 14.8 Å². The van der Waals surface area contributed by atoms with Gasteiger partial charge in [-0.1, -0.05) is 6.07 Å². The second-order valence-electron chi connectivity index (χ2n) is 7.93. The number of thiazole rings is 1. The number of carbonyl (C=O) groups is 1. The molecule has 0 radical (unpaired) electrons. The lowest BCUT2D eigenvalue weighted by molar-refractivity contribution is -0.137. The van der Waals surface area contributed by atoms with Crippen LogP contribution in [0.4, 0.5) is 28.9 Å². The zero-order chi connectivity index (χ0) is 22.8. The highest BCUT2D eigenvalue weighted by atomic mass is 32.1. The van der Waals surface area contributed by atoms with Crippen LogP contribution in [0.3, 0.4) is 0 Å². The average Bonchev–Trinajstić information content (AvgIpc) is 3.19. The van der Waals surface area contributed by atoms with Crippen LogP contribution < -0.4 is 10.2 Å². The maximum absolute atomic E-state index is 13.1. The van der Waals surface area contributed by atoms with Crippen molar-refractivity contribution in [3.8, 4) is 11.3 Å². The van der Waals surface area contributed by atoms with Crippen molar-refractivity contribution in [2.24, 2.45) is 0 Å². The van der Waals surface area contributed by atoms with Crippen LogP contribution in [0.5, 0.6) is 0 Å². The summed E-state index contributed by atoms with van der Waals surface area (Å²) in [5, 5.41) is 13.5. The summed E-state index contributed by atoms with van der Waals surface area (Å²) in [4.78, 5) is 28.0. The molecule has 7 nitrogen and oxygen atoms in total. The van der Waals surface area contributed by atoms with Gasteiger partial charge in [0.25, 0.3) is 0 Å². The molecule has 0 bridgehead atoms. The van der Waals surface area contributed by atoms with Gasteiger partial charge in [-0.15, -0.1) is 11.3 Å². The molecule has 2 unspecified atom stereocenters. The van der Waals surface area contributed by atoms with E-state index < -0.39 is 29.9 Å². The van der Waals surface area contributed by atoms with Gasteiger partial charge in [0.05, 0.1) is 29.1 Å². The second kappa shape index (κ2) is 7.24. The molecule has 1 aliphatic heterocycles. The minimum absolute atomic E-state index is 0.0771. The molecule has 1 fully saturated rings. The second-order valence-corrected chi connectivity index (χ2v) is 9.13. The predicted octanol–water partition coefficient (Wildman–Crippen LogP) is 4.50. The van der Waals surface area contributed by atoms with Crippen LogP contribution in [-0.2, 0) is 6.18 Å². The van der Waals surface area contributed by atoms with Gasteiger partial charge in [0, 0.05) is 34.3 Å². The third-order valence-electron chi connectivity index (χ3n) is 5.96. The van der Waals surface area contributed by atoms with Crippen LogP contribution in [-0.4, -0.2) is 38.2 Å². The molecule has 2 N–H and O–H groups in total. The molecule has 1 saturated carbocycles. The normalized spacial score (nSPS) is 21.7. The first-order chi connectivity index (χ1) is 15.1. The highest BCUT2D eigenvalue weighted by Gasteiger charge is 2.54. The van der Waals surface area contributed by atoms with Crippen molar-refractivity contribution >= 4 is 28.3 Å². The van der Waals surface area contributed by atoms with Gasteiger partial charge in [-0.05, 0) is 32.4 Å². The SMILES string of the molecule is Cc1nc(NC(=O)N2c3nc(-c4cncc(C(F)(F)F)c4)ccc3C3C[C@@H](O)C32)sc1C. The number of aryl methyl sites for hydroxylation is 2. The summed E-state index contributed by atoms with van der Waals surface area (Å²) in [5.41, 5.74) is 1.17. The van der Waals surface area contributed by atoms with E-state index in [1.807, 2.05) is 13.8 Å². The zero-order valence-corrected chi connectivity index (χ0v) is 17.8. The highest BCUT2D eigenvalue weighted by Crippen LogP contribution is 2.51. The van der Waals surface area contributed by atoms with Crippen molar-refractivity contribution in [3.05, 3.63) is 52.3 Å². The number of anilines is 2. The molecule has 11 heteroatoms. The third-order valence-corrected chi connectivity index (χ3v) is 6.94. The van der Waals surface area contributed by atoms with Crippen molar-refractivity contribution in [2.75, 3.05) is 10.2 Å². The number of nitrogens with one attached hydrogen (secondary N) is 1. The van der Waals surface area contributed by atoms with Crippen LogP contribution in [0.15, 0.2) is 30.6 Å². The molecule has 3 aromatic heterocycles. The molecule has 0 spiro atoms. The summed E-state index contributed by atoms with van der Waals surface area (Å²) in [7, 11) is 0. The van der Waals surface area contributed by atoms with E-state index in [1.54, 1.807) is 12.1 Å². The Bertz CT molecular complexity index is 1210. The number of hydrogen-bond donors (Lipinski definition) is 2. The molecule has 32 heavy (non-hydrogen) atoms. The number of carbonyl (C=O) groups excluding carboxylic acids is 1. The quantitative estimate of drug-likeness (QED) is 0.586. The van der Waals surface area contributed by atoms with Gasteiger partial charge in [-0.3, -0.25) is 15.2 Å². The monoisotopic (exact) mass is 461 g/mol. The van der Waals surface area contributed by atoms with E-state index in [0.717, 1.165) is 28.4 Å². The van der Waals surface area contributed by atoms with Crippen LogP contribution in [0.2, 0.25) is 0 Å². The van der Waals surface area contributed by atoms with E-state index >= 15 is 0 Å². The number of alkyl halides is 3. The summed E-state index contributed by atoms with van der Waals surface area (Å²) in [5.74, 6) is 0.251. The summed E-state index contributed by atoms with van der Waals surface area (Å²) in [6, 6.07) is 3.39. The minimum atomic E-state index is -4.53. The van der Waals surface area contributed by atoms with Crippen molar-refractivity contribution in [2.45, 2.75) is 44.5 Å². The molecule has 166 valence electrons. The fraction of sp³-hybridized carbons (Fsp3) is 0.333. The fourth-order valence-electron chi connectivity index (χ4n) is 4.16. The first-order valence-corrected chi connectivity index (χ1v) is 10.7. The number of fused-ring (bicyclic) bond motifs is 3. The van der Waals surface area contributed by atoms with E-state index in [9.17, 15) is 23.1 Å². The van der Waals surface area contributed by atoms with E-state index in [1.165, 1.54) is 22.4 Å². The number of amides is 2. The summed E-state index contributed by atoms with van der Waals surface area (Å²) >= 11 is 1.34. The number of urea groups is 1. The number of aliphatic hydroxyl groups is 1. The van der Waals surface area contributed by atoms with Gasteiger partial charge < -0.3 is 5.11 Å². The fourth-order valence-corrected chi connectivity index (χ4v) is 4.97. The Kier molecular flexibility index (Phi) is 4.71. The average molecular weight is 461 g/mol. The van der Waals surface area contributed by atoms with Crippen molar-refractivity contribution in [3.63, 3.8) is 0 Å². The molecular weight excluding hydrogens is 443 g/mol. The van der Waals surface area contributed by atoms with Gasteiger partial charge in [0.15, 0.2) is 5.13 Å². The lowest BCUT2D eigenvalue weighted by Gasteiger charge is -2.40. The Morgan fingerprint density at radius 1 is 1.25 bits per heavy atom. The standard InChI is InChI=1S/C21H18F3N5O2S/c1-9-10(2)32-19(26-9)28-20(31)29-17-14(6-16(17)30)13-3-4-15(27-18(13)29)11-5-12(8-25-7-11)21(22,23)24/h3-5,7-8,14,16-17,30H,6H2,1-2H3,(H,26,28,31)/t14?,16-,17?/m1/s1. The Labute approximate surface area is 185 Å². The number of nitrogens with zero attached hydrogens (tertiary/aromatic N) is 4. The first kappa shape index (κ1) is 20.8. The van der Waals surface area contributed by atoms with E-state index in [2.05, 4.69) is 20.3 Å². The third kappa shape index (κ3) is 3.32. The Morgan fingerprint density at radius 3 is 2.69 bits per heavy atom. The molecule has 5 rings (SSSR count). The maximum Gasteiger partial charge on any atom is 0.417 e. The number of hydrogen-bond acceptors (Lipinski definition) is 6. The van der Waals surface area contributed by atoms with Crippen molar-refractivity contribution in [1.29, 1.82) is 0 Å². The van der Waals surface area contributed by atoms with E-state index in [-0.39, 0.29) is 17.2 Å². The molecule has 3 aromatic rings. The first-order valence-electron chi connectivity index (χ1n) is 9.89. The molecule has 4 heterocycles. The number of pyridine rings is 2. The highest BCUT2D eigenvalue weighted by molar-refractivity contribution is 7.15. The lowest BCUT2D eigenvalue weighted by atomic mass is 9.75. The van der Waals surface area contributed by atoms with Gasteiger partial charge in [0.2, 0.25) is 0 Å². The molecule has 1 aliphatic carbocycles. The molecule has 2 amide bonds. The topological polar surface area (TPSA) is 91.2 Å². The number of aromatic nitrogens is 3. The molecular formula is C21H18F3N5O2S. The summed E-state index contributed by atoms with van der Waals surface area (Å²) in [6.45, 7) is 3.74.